The van der Waals surface area contributed by atoms with Crippen molar-refractivity contribution >= 4 is 11.8 Å². The highest BCUT2D eigenvalue weighted by Crippen LogP contribution is 2.10. The number of rotatable bonds is 6. The predicted molar refractivity (Wildman–Crippen MR) is 94.3 cm³/mol. The molecule has 7 nitrogen and oxygen atoms in total. The van der Waals surface area contributed by atoms with Gasteiger partial charge in [-0.25, -0.2) is 0 Å². The molecule has 1 aliphatic heterocycles. The molecule has 1 aliphatic rings. The Kier molecular flexibility index (Phi) is 6.40. The Labute approximate surface area is 152 Å². The molecule has 1 aromatic carbocycles. The molecule has 3 rings (SSSR count). The summed E-state index contributed by atoms with van der Waals surface area (Å²) in [6.07, 6.45) is 1.62. The number of ether oxygens (including phenoxy) is 1. The van der Waals surface area contributed by atoms with Gasteiger partial charge in [-0.15, -0.1) is 0 Å². The van der Waals surface area contributed by atoms with Crippen LogP contribution in [0.3, 0.4) is 0 Å². The van der Waals surface area contributed by atoms with Crippen LogP contribution in [0.5, 0.6) is 0 Å². The topological polar surface area (TPSA) is 85.0 Å². The Morgan fingerprint density at radius 2 is 1.73 bits per heavy atom. The monoisotopic (exact) mass is 358 g/mol. The zero-order valence-corrected chi connectivity index (χ0v) is 14.6. The largest absolute Gasteiger partial charge is 0.463 e. The van der Waals surface area contributed by atoms with Crippen LogP contribution in [0.2, 0.25) is 0 Å². The second kappa shape index (κ2) is 9.17. The third-order valence-electron chi connectivity index (χ3n) is 4.48. The van der Waals surface area contributed by atoms with E-state index in [1.807, 2.05) is 42.5 Å². The summed E-state index contributed by atoms with van der Waals surface area (Å²) in [5, 5.41) is 5.37. The molecule has 2 aromatic rings. The first-order valence-electron chi connectivity index (χ1n) is 8.79. The number of hydrogen-bond donors (Lipinski definition) is 3. The lowest BCUT2D eigenvalue weighted by Gasteiger charge is -2.30. The maximum absolute atomic E-state index is 12.1. The Morgan fingerprint density at radius 3 is 2.42 bits per heavy atom. The van der Waals surface area contributed by atoms with Crippen molar-refractivity contribution in [3.8, 4) is 0 Å². The molecule has 0 bridgehead atoms. The number of hydrogen-bond acceptors (Lipinski definition) is 4. The van der Waals surface area contributed by atoms with Gasteiger partial charge in [0.25, 0.3) is 0 Å². The van der Waals surface area contributed by atoms with Crippen molar-refractivity contribution in [2.45, 2.75) is 12.6 Å². The van der Waals surface area contributed by atoms with Crippen molar-refractivity contribution in [3.05, 3.63) is 60.1 Å². The minimum Gasteiger partial charge on any atom is -0.463 e. The molecular weight excluding hydrogens is 334 g/mol. The zero-order valence-electron chi connectivity index (χ0n) is 14.6. The zero-order chi connectivity index (χ0) is 18.2. The summed E-state index contributed by atoms with van der Waals surface area (Å²) in [5.41, 5.74) is 0.944. The van der Waals surface area contributed by atoms with Gasteiger partial charge in [-0.1, -0.05) is 30.3 Å². The first-order valence-corrected chi connectivity index (χ1v) is 8.79. The SMILES string of the molecule is O=C(NCc1ccccc1)C(=O)NC[C@H](c1ccco1)[NH+]1CCOCC1. The fourth-order valence-corrected chi connectivity index (χ4v) is 3.05. The second-order valence-corrected chi connectivity index (χ2v) is 6.22. The molecule has 0 spiro atoms. The van der Waals surface area contributed by atoms with Gasteiger partial charge in [0, 0.05) is 6.54 Å². The van der Waals surface area contributed by atoms with Crippen LogP contribution < -0.4 is 15.5 Å². The number of furan rings is 1. The van der Waals surface area contributed by atoms with Gasteiger partial charge in [-0.3, -0.25) is 9.59 Å². The third-order valence-corrected chi connectivity index (χ3v) is 4.48. The van der Waals surface area contributed by atoms with Crippen LogP contribution in [0, 0.1) is 0 Å². The molecule has 1 saturated heterocycles. The molecule has 2 amide bonds. The smallest absolute Gasteiger partial charge is 0.309 e. The number of benzene rings is 1. The third kappa shape index (κ3) is 4.93. The van der Waals surface area contributed by atoms with E-state index < -0.39 is 11.8 Å². The summed E-state index contributed by atoms with van der Waals surface area (Å²) >= 11 is 0. The molecular formula is C19H24N3O4+. The van der Waals surface area contributed by atoms with Crippen LogP contribution in [0.25, 0.3) is 0 Å². The van der Waals surface area contributed by atoms with Crippen LogP contribution in [0.1, 0.15) is 17.4 Å². The highest BCUT2D eigenvalue weighted by Gasteiger charge is 2.29. The van der Waals surface area contributed by atoms with Gasteiger partial charge in [-0.05, 0) is 17.7 Å². The molecule has 2 heterocycles. The highest BCUT2D eigenvalue weighted by molar-refractivity contribution is 6.35. The second-order valence-electron chi connectivity index (χ2n) is 6.22. The molecule has 1 aromatic heterocycles. The highest BCUT2D eigenvalue weighted by atomic mass is 16.5. The summed E-state index contributed by atoms with van der Waals surface area (Å²) in [7, 11) is 0. The van der Waals surface area contributed by atoms with Crippen LogP contribution in [-0.2, 0) is 20.9 Å². The Balaban J connectivity index is 1.52. The van der Waals surface area contributed by atoms with Gasteiger partial charge in [0.05, 0.1) is 26.0 Å². The average molecular weight is 358 g/mol. The van der Waals surface area contributed by atoms with E-state index in [1.54, 1.807) is 6.26 Å². The molecule has 0 radical (unpaired) electrons. The van der Waals surface area contributed by atoms with Crippen molar-refractivity contribution in [3.63, 3.8) is 0 Å². The predicted octanol–water partition coefficient (Wildman–Crippen LogP) is -0.332. The summed E-state index contributed by atoms with van der Waals surface area (Å²) in [5.74, 6) is -0.471. The number of nitrogens with one attached hydrogen (secondary N) is 3. The van der Waals surface area contributed by atoms with Gasteiger partial charge < -0.3 is 24.7 Å². The lowest BCUT2D eigenvalue weighted by atomic mass is 10.1. The fraction of sp³-hybridized carbons (Fsp3) is 0.368. The van der Waals surface area contributed by atoms with Crippen molar-refractivity contribution in [2.24, 2.45) is 0 Å². The Bertz CT molecular complexity index is 697. The van der Waals surface area contributed by atoms with E-state index in [0.717, 1.165) is 24.4 Å². The Hall–Kier alpha value is -2.64. The quantitative estimate of drug-likeness (QED) is 0.618. The number of carbonyl (C=O) groups excluding carboxylic acids is 2. The number of amides is 2. The van der Waals surface area contributed by atoms with Gasteiger partial charge in [0.2, 0.25) is 0 Å². The molecule has 0 aliphatic carbocycles. The van der Waals surface area contributed by atoms with Crippen molar-refractivity contribution in [1.29, 1.82) is 0 Å². The van der Waals surface area contributed by atoms with E-state index in [9.17, 15) is 9.59 Å². The van der Waals surface area contributed by atoms with Crippen molar-refractivity contribution in [1.82, 2.24) is 10.6 Å². The standard InChI is InChI=1S/C19H23N3O4/c23-18(20-13-15-5-2-1-3-6-15)19(24)21-14-16(17-7-4-10-26-17)22-8-11-25-12-9-22/h1-7,10,16H,8-9,11-14H2,(H,20,23)(H,21,24)/p+1/t16-/m1/s1. The molecule has 26 heavy (non-hydrogen) atoms. The molecule has 1 atom stereocenters. The minimum atomic E-state index is -0.635. The molecule has 3 N–H and O–H groups in total. The average Bonchev–Trinajstić information content (AvgIpc) is 3.22. The van der Waals surface area contributed by atoms with Crippen molar-refractivity contribution < 1.29 is 23.6 Å². The van der Waals surface area contributed by atoms with E-state index in [-0.39, 0.29) is 6.04 Å². The fourth-order valence-electron chi connectivity index (χ4n) is 3.05. The molecule has 0 unspecified atom stereocenters. The van der Waals surface area contributed by atoms with E-state index in [4.69, 9.17) is 9.15 Å². The van der Waals surface area contributed by atoms with Crippen LogP contribution >= 0.6 is 0 Å². The molecule has 138 valence electrons. The van der Waals surface area contributed by atoms with Crippen LogP contribution in [0.15, 0.2) is 53.1 Å². The number of carbonyl (C=O) groups is 2. The molecule has 0 saturated carbocycles. The molecule has 1 fully saturated rings. The molecule has 7 heteroatoms. The van der Waals surface area contributed by atoms with Gasteiger partial charge in [0.1, 0.15) is 13.1 Å². The maximum Gasteiger partial charge on any atom is 0.309 e. The lowest BCUT2D eigenvalue weighted by Crippen LogP contribution is -3.15. The number of morpholine rings is 1. The summed E-state index contributed by atoms with van der Waals surface area (Å²) < 4.78 is 10.9. The van der Waals surface area contributed by atoms with E-state index >= 15 is 0 Å². The minimum absolute atomic E-state index is 0.0419. The first kappa shape index (κ1) is 18.2. The Morgan fingerprint density at radius 1 is 1.00 bits per heavy atom. The van der Waals surface area contributed by atoms with Gasteiger partial charge >= 0.3 is 11.8 Å². The van der Waals surface area contributed by atoms with Crippen LogP contribution in [0.4, 0.5) is 0 Å². The maximum atomic E-state index is 12.1. The van der Waals surface area contributed by atoms with Gasteiger partial charge in [-0.2, -0.15) is 0 Å². The number of quaternary nitrogens is 1. The normalized spacial score (nSPS) is 16.0. The van der Waals surface area contributed by atoms with Gasteiger partial charge in [0.15, 0.2) is 11.8 Å². The van der Waals surface area contributed by atoms with E-state index in [2.05, 4.69) is 10.6 Å². The summed E-state index contributed by atoms with van der Waals surface area (Å²) in [6.45, 7) is 3.68. The van der Waals surface area contributed by atoms with E-state index in [0.29, 0.717) is 26.3 Å². The van der Waals surface area contributed by atoms with Crippen LogP contribution in [-0.4, -0.2) is 44.7 Å². The summed E-state index contributed by atoms with van der Waals surface area (Å²) in [4.78, 5) is 25.4. The van der Waals surface area contributed by atoms with E-state index in [1.165, 1.54) is 4.90 Å². The first-order chi connectivity index (χ1) is 12.7. The van der Waals surface area contributed by atoms with Crippen molar-refractivity contribution in [2.75, 3.05) is 32.8 Å². The lowest BCUT2D eigenvalue weighted by molar-refractivity contribution is -0.938. The summed E-state index contributed by atoms with van der Waals surface area (Å²) in [6, 6.07) is 13.2.